The monoisotopic (exact) mass is 233 g/mol. The maximum atomic E-state index is 11.6. The topological polar surface area (TPSA) is 66.8 Å². The van der Waals surface area contributed by atoms with Gasteiger partial charge in [-0.2, -0.15) is 11.8 Å². The van der Waals surface area contributed by atoms with E-state index in [2.05, 4.69) is 0 Å². The quantitative estimate of drug-likeness (QED) is 0.743. The van der Waals surface area contributed by atoms with Crippen LogP contribution in [0.3, 0.4) is 0 Å². The smallest absolute Gasteiger partial charge is 0.305 e. The summed E-state index contributed by atoms with van der Waals surface area (Å²) in [5, 5.41) is 8.72. The molecule has 1 atom stereocenters. The van der Waals surface area contributed by atoms with E-state index in [1.807, 2.05) is 0 Å². The van der Waals surface area contributed by atoms with E-state index in [4.69, 9.17) is 9.84 Å². The fourth-order valence-corrected chi connectivity index (χ4v) is 2.62. The lowest BCUT2D eigenvalue weighted by atomic mass is 10.2. The second-order valence-corrected chi connectivity index (χ2v) is 4.50. The molecular weight excluding hydrogens is 218 g/mol. The van der Waals surface area contributed by atoms with Gasteiger partial charge in [0.2, 0.25) is 5.91 Å². The van der Waals surface area contributed by atoms with Crippen molar-refractivity contribution in [3.8, 4) is 0 Å². The molecule has 0 aromatic heterocycles. The highest BCUT2D eigenvalue weighted by Crippen LogP contribution is 2.19. The van der Waals surface area contributed by atoms with Gasteiger partial charge in [-0.25, -0.2) is 0 Å². The van der Waals surface area contributed by atoms with Crippen LogP contribution in [-0.2, 0) is 14.3 Å². The van der Waals surface area contributed by atoms with Crippen LogP contribution in [0.15, 0.2) is 0 Å². The second-order valence-electron chi connectivity index (χ2n) is 3.35. The molecule has 0 bridgehead atoms. The van der Waals surface area contributed by atoms with Crippen LogP contribution >= 0.6 is 11.8 Å². The summed E-state index contributed by atoms with van der Waals surface area (Å²) in [6.45, 7) is 0.644. The minimum atomic E-state index is -0.863. The van der Waals surface area contributed by atoms with Gasteiger partial charge in [-0.15, -0.1) is 0 Å². The van der Waals surface area contributed by atoms with Gasteiger partial charge in [0.25, 0.3) is 0 Å². The molecule has 5 nitrogen and oxygen atoms in total. The van der Waals surface area contributed by atoms with Gasteiger partial charge >= 0.3 is 5.97 Å². The number of rotatable bonds is 4. The van der Waals surface area contributed by atoms with E-state index >= 15 is 0 Å². The normalized spacial score (nSPS) is 21.4. The third-order valence-corrected chi connectivity index (χ3v) is 3.32. The molecule has 1 N–H and O–H groups in total. The molecule has 0 spiro atoms. The highest BCUT2D eigenvalue weighted by atomic mass is 32.2. The Morgan fingerprint density at radius 2 is 2.33 bits per heavy atom. The molecule has 0 radical (unpaired) electrons. The first-order valence-corrected chi connectivity index (χ1v) is 5.88. The number of carbonyl (C=O) groups excluding carboxylic acids is 1. The molecule has 1 amide bonds. The summed E-state index contributed by atoms with van der Waals surface area (Å²) in [5.74, 6) is 0.578. The lowest BCUT2D eigenvalue weighted by molar-refractivity contribution is -0.141. The van der Waals surface area contributed by atoms with Crippen LogP contribution in [0.25, 0.3) is 0 Å². The fourth-order valence-electron chi connectivity index (χ4n) is 1.56. The van der Waals surface area contributed by atoms with Crippen LogP contribution in [0, 0.1) is 0 Å². The molecule has 86 valence electrons. The maximum Gasteiger partial charge on any atom is 0.305 e. The Bertz CT molecular complexity index is 246. The number of nitrogens with zero attached hydrogens (tertiary/aromatic N) is 1. The van der Waals surface area contributed by atoms with Gasteiger partial charge in [-0.05, 0) is 0 Å². The standard InChI is InChI=1S/C9H15NO4S/c1-14-5-8(11)10-2-3-15-6-7(10)4-9(12)13/h7H,2-6H2,1H3,(H,12,13). The SMILES string of the molecule is COCC(=O)N1CCSCC1CC(=O)O. The van der Waals surface area contributed by atoms with Gasteiger partial charge in [0.1, 0.15) is 6.61 Å². The molecule has 1 aliphatic rings. The van der Waals surface area contributed by atoms with Gasteiger partial charge in [0.15, 0.2) is 0 Å². The van der Waals surface area contributed by atoms with Gasteiger partial charge in [-0.3, -0.25) is 9.59 Å². The summed E-state index contributed by atoms with van der Waals surface area (Å²) in [7, 11) is 1.46. The average Bonchev–Trinajstić information content (AvgIpc) is 2.18. The van der Waals surface area contributed by atoms with Gasteiger partial charge in [0, 0.05) is 25.2 Å². The first kappa shape index (κ1) is 12.3. The van der Waals surface area contributed by atoms with Crippen molar-refractivity contribution in [3.63, 3.8) is 0 Å². The van der Waals surface area contributed by atoms with Crippen LogP contribution < -0.4 is 0 Å². The summed E-state index contributed by atoms with van der Waals surface area (Å²) in [4.78, 5) is 23.8. The van der Waals surface area contributed by atoms with Gasteiger partial charge in [-0.1, -0.05) is 0 Å². The summed E-state index contributed by atoms with van der Waals surface area (Å²) in [5.41, 5.74) is 0. The van der Waals surface area contributed by atoms with Crippen molar-refractivity contribution in [1.82, 2.24) is 4.90 Å². The van der Waals surface area contributed by atoms with Crippen LogP contribution in [0.1, 0.15) is 6.42 Å². The molecule has 1 unspecified atom stereocenters. The lowest BCUT2D eigenvalue weighted by Crippen LogP contribution is -2.48. The molecule has 1 heterocycles. The van der Waals surface area contributed by atoms with E-state index < -0.39 is 5.97 Å². The van der Waals surface area contributed by atoms with Crippen LogP contribution in [-0.4, -0.2) is 59.7 Å². The number of carboxylic acids is 1. The largest absolute Gasteiger partial charge is 0.481 e. The number of carbonyl (C=O) groups is 2. The highest BCUT2D eigenvalue weighted by Gasteiger charge is 2.28. The summed E-state index contributed by atoms with van der Waals surface area (Å²) in [6.07, 6.45) is 0.0163. The van der Waals surface area contributed by atoms with E-state index in [0.717, 1.165) is 5.75 Å². The summed E-state index contributed by atoms with van der Waals surface area (Å²) >= 11 is 1.69. The van der Waals surface area contributed by atoms with Crippen molar-refractivity contribution in [2.75, 3.05) is 31.8 Å². The molecule has 0 saturated carbocycles. The predicted molar refractivity (Wildman–Crippen MR) is 57.0 cm³/mol. The Morgan fingerprint density at radius 1 is 1.60 bits per heavy atom. The number of ether oxygens (including phenoxy) is 1. The van der Waals surface area contributed by atoms with E-state index in [-0.39, 0.29) is 25.0 Å². The predicted octanol–water partition coefficient (Wildman–Crippen LogP) is 0.0515. The van der Waals surface area contributed by atoms with E-state index in [0.29, 0.717) is 12.3 Å². The molecule has 1 saturated heterocycles. The molecule has 0 aromatic carbocycles. The number of thioether (sulfide) groups is 1. The highest BCUT2D eigenvalue weighted by molar-refractivity contribution is 7.99. The first-order chi connectivity index (χ1) is 7.15. The van der Waals surface area contributed by atoms with Crippen molar-refractivity contribution in [1.29, 1.82) is 0 Å². The Labute approximate surface area is 92.8 Å². The molecule has 1 aliphatic heterocycles. The minimum Gasteiger partial charge on any atom is -0.481 e. The number of hydrogen-bond donors (Lipinski definition) is 1. The van der Waals surface area contributed by atoms with Crippen LogP contribution in [0.2, 0.25) is 0 Å². The summed E-state index contributed by atoms with van der Waals surface area (Å²) in [6, 6.07) is -0.191. The molecule has 15 heavy (non-hydrogen) atoms. The number of hydrogen-bond acceptors (Lipinski definition) is 4. The third kappa shape index (κ3) is 3.71. The molecule has 0 aromatic rings. The Morgan fingerprint density at radius 3 is 2.93 bits per heavy atom. The van der Waals surface area contributed by atoms with Crippen molar-refractivity contribution >= 4 is 23.6 Å². The van der Waals surface area contributed by atoms with E-state index in [9.17, 15) is 9.59 Å². The molecular formula is C9H15NO4S. The first-order valence-electron chi connectivity index (χ1n) is 4.73. The van der Waals surface area contributed by atoms with Gasteiger partial charge in [0.05, 0.1) is 12.5 Å². The third-order valence-electron chi connectivity index (χ3n) is 2.23. The number of aliphatic carboxylic acids is 1. The fraction of sp³-hybridized carbons (Fsp3) is 0.778. The second kappa shape index (κ2) is 5.97. The molecule has 1 fully saturated rings. The Kier molecular flexibility index (Phi) is 4.90. The zero-order valence-electron chi connectivity index (χ0n) is 8.64. The minimum absolute atomic E-state index is 0.0163. The van der Waals surface area contributed by atoms with Gasteiger partial charge < -0.3 is 14.7 Å². The van der Waals surface area contributed by atoms with Crippen molar-refractivity contribution in [3.05, 3.63) is 0 Å². The lowest BCUT2D eigenvalue weighted by Gasteiger charge is -2.34. The maximum absolute atomic E-state index is 11.6. The summed E-state index contributed by atoms with van der Waals surface area (Å²) < 4.78 is 4.76. The number of carboxylic acid groups (broad SMARTS) is 1. The molecule has 1 rings (SSSR count). The molecule has 0 aliphatic carbocycles. The van der Waals surface area contributed by atoms with E-state index in [1.54, 1.807) is 16.7 Å². The van der Waals surface area contributed by atoms with Crippen molar-refractivity contribution in [2.24, 2.45) is 0 Å². The zero-order valence-corrected chi connectivity index (χ0v) is 9.46. The molecule has 6 heteroatoms. The zero-order chi connectivity index (χ0) is 11.3. The van der Waals surface area contributed by atoms with E-state index in [1.165, 1.54) is 7.11 Å². The Hall–Kier alpha value is -0.750. The Balaban J connectivity index is 2.56. The number of amides is 1. The van der Waals surface area contributed by atoms with Crippen molar-refractivity contribution < 1.29 is 19.4 Å². The van der Waals surface area contributed by atoms with Crippen LogP contribution in [0.5, 0.6) is 0 Å². The van der Waals surface area contributed by atoms with Crippen LogP contribution in [0.4, 0.5) is 0 Å². The van der Waals surface area contributed by atoms with Crippen molar-refractivity contribution in [2.45, 2.75) is 12.5 Å². The average molecular weight is 233 g/mol. The number of methoxy groups -OCH3 is 1.